The molecule has 11 atom stereocenters. The van der Waals surface area contributed by atoms with E-state index in [4.69, 9.17) is 11.5 Å². The molecule has 123 heavy (non-hydrogen) atoms. The van der Waals surface area contributed by atoms with Gasteiger partial charge in [0.2, 0.25) is 118 Å². The van der Waals surface area contributed by atoms with E-state index in [1.807, 2.05) is 13.8 Å². The van der Waals surface area contributed by atoms with E-state index in [2.05, 4.69) is 90.4 Å². The number of nitrogens with two attached hydrogens (primary N) is 2. The van der Waals surface area contributed by atoms with Crippen LogP contribution in [0.3, 0.4) is 0 Å². The van der Waals surface area contributed by atoms with Crippen LogP contribution in [-0.4, -0.2) is 247 Å². The number of hydrogen-bond donors (Lipinski definition) is 20. The largest absolute Gasteiger partial charge is 0.394 e. The van der Waals surface area contributed by atoms with Gasteiger partial charge >= 0.3 is 0 Å². The maximum absolute atomic E-state index is 14.6. The minimum atomic E-state index is -1.89. The Hall–Kier alpha value is -10.6. The molecule has 41 nitrogen and oxygen atoms in total. The lowest BCUT2D eigenvalue weighted by molar-refractivity contribution is -0.145. The number of rotatable bonds is 51. The lowest BCUT2D eigenvalue weighted by Crippen LogP contribution is -2.67. The summed E-state index contributed by atoms with van der Waals surface area (Å²) in [6, 6.07) is -9.88. The maximum Gasteiger partial charge on any atom is 0.248 e. The van der Waals surface area contributed by atoms with Crippen molar-refractivity contribution in [1.29, 1.82) is 0 Å². The van der Waals surface area contributed by atoms with Crippen molar-refractivity contribution in [3.8, 4) is 0 Å². The van der Waals surface area contributed by atoms with Crippen molar-refractivity contribution < 1.29 is 101 Å². The van der Waals surface area contributed by atoms with Crippen molar-refractivity contribution in [2.45, 2.75) is 350 Å². The Morgan fingerprint density at radius 2 is 0.772 bits per heavy atom. The van der Waals surface area contributed by atoms with Crippen LogP contribution in [0.2, 0.25) is 0 Å². The molecule has 0 unspecified atom stereocenters. The quantitative estimate of drug-likeness (QED) is 0.0294. The second kappa shape index (κ2) is 47.3. The molecule has 20 amide bonds. The van der Waals surface area contributed by atoms with Crippen molar-refractivity contribution in [2.75, 3.05) is 26.2 Å². The molecule has 1 aliphatic rings. The van der Waals surface area contributed by atoms with Gasteiger partial charge in [-0.05, 0) is 185 Å². The summed E-state index contributed by atoms with van der Waals surface area (Å²) in [6.07, 6.45) is -0.148. The lowest BCUT2D eigenvalue weighted by Gasteiger charge is -2.36. The number of nitrogens with one attached hydrogen (secondary N) is 17. The molecule has 0 radical (unpaired) electrons. The zero-order valence-corrected chi connectivity index (χ0v) is 77.0. The Kier molecular flexibility index (Phi) is 42.4. The Morgan fingerprint density at radius 3 is 1.18 bits per heavy atom. The van der Waals surface area contributed by atoms with Gasteiger partial charge in [0.15, 0.2) is 0 Å². The van der Waals surface area contributed by atoms with Crippen molar-refractivity contribution in [3.05, 3.63) is 0 Å². The van der Waals surface area contributed by atoms with Crippen molar-refractivity contribution in [2.24, 2.45) is 35.1 Å². The first-order chi connectivity index (χ1) is 56.2. The van der Waals surface area contributed by atoms with E-state index in [-0.39, 0.29) is 75.7 Å². The van der Waals surface area contributed by atoms with E-state index in [0.717, 1.165) is 0 Å². The lowest BCUT2D eigenvalue weighted by atomic mass is 9.93. The fraction of sp³-hybridized carbons (Fsp3) is 0.756. The van der Waals surface area contributed by atoms with E-state index in [1.54, 1.807) is 48.5 Å². The van der Waals surface area contributed by atoms with E-state index < -0.39 is 249 Å². The molecule has 0 aliphatic carbocycles. The minimum absolute atomic E-state index is 0.0131. The number of aliphatic hydroxyl groups is 1. The molecule has 0 bridgehead atoms. The summed E-state index contributed by atoms with van der Waals surface area (Å²) in [5, 5.41) is 53.7. The number of primary amides is 2. The molecule has 0 aromatic rings. The Labute approximate surface area is 722 Å². The average Bonchev–Trinajstić information content (AvgIpc) is 1.78. The Bertz CT molecular complexity index is 3840. The number of amides is 20. The molecule has 41 heteroatoms. The fourth-order valence-corrected chi connectivity index (χ4v) is 12.7. The molecule has 0 saturated carbocycles. The summed E-state index contributed by atoms with van der Waals surface area (Å²) in [7, 11) is 0. The molecule has 698 valence electrons. The molecule has 0 aromatic carbocycles. The highest BCUT2D eigenvalue weighted by Gasteiger charge is 2.48. The second-order valence-electron chi connectivity index (χ2n) is 36.8. The molecule has 1 rings (SSSR count). The predicted molar refractivity (Wildman–Crippen MR) is 454 cm³/mol. The number of carbonyl (C=O) groups excluding carboxylic acids is 20. The van der Waals surface area contributed by atoms with Gasteiger partial charge in [0.25, 0.3) is 0 Å². The van der Waals surface area contributed by atoms with Crippen LogP contribution in [0.5, 0.6) is 0 Å². The summed E-state index contributed by atoms with van der Waals surface area (Å²) >= 11 is 0. The van der Waals surface area contributed by atoms with Gasteiger partial charge in [-0.15, -0.1) is 0 Å². The number of carbonyl (C=O) groups is 20. The highest BCUT2D eigenvalue weighted by molar-refractivity contribution is 6.04. The Morgan fingerprint density at radius 1 is 0.398 bits per heavy atom. The Balaban J connectivity index is 3.27. The van der Waals surface area contributed by atoms with E-state index >= 15 is 0 Å². The smallest absolute Gasteiger partial charge is 0.248 e. The molecule has 0 aromatic heterocycles. The first-order valence-electron chi connectivity index (χ1n) is 42.0. The highest BCUT2D eigenvalue weighted by Crippen LogP contribution is 2.25. The van der Waals surface area contributed by atoms with Gasteiger partial charge < -0.3 is 112 Å². The SMILES string of the molecule is CC[C@H](C)[C@H](NC(=O)C(C)(C)NC(=O)[C@H](CCC(N)=O)NC(=O)[C@@](C)(CC)NC(=O)C(C)(C)NC(=O)[C@H](C)NC(=O)CNC(=O)C(C)(C)NC(C)=O)C(=O)NC(C)(C)C(=O)NCC(=O)N[C@@H](CC(C)C)C(=O)NC(C)(C)C(=O)N1CCC[C@@H]1C(=O)N[C@@H](CC(C)C)C(=O)NC(C)(C)C(=O)N[C@](C)(CC)C(=O)N[C@@H](CCC(N)=O)C(=O)N[C@H](CO)CC(C)C. The van der Waals surface area contributed by atoms with Crippen LogP contribution in [0.1, 0.15) is 257 Å². The first kappa shape index (κ1) is 110. The highest BCUT2D eigenvalue weighted by atomic mass is 16.3. The van der Waals surface area contributed by atoms with Crippen LogP contribution in [0, 0.1) is 23.7 Å². The first-order valence-corrected chi connectivity index (χ1v) is 42.0. The zero-order valence-electron chi connectivity index (χ0n) is 77.0. The third-order valence-electron chi connectivity index (χ3n) is 21.0. The number of hydrogen-bond acceptors (Lipinski definition) is 21. The predicted octanol–water partition coefficient (Wildman–Crippen LogP) is -2.71. The topological polar surface area (TPSA) is 621 Å². The molecule has 1 aliphatic heterocycles. The monoisotopic (exact) mass is 1750 g/mol. The van der Waals surface area contributed by atoms with Gasteiger partial charge in [0.1, 0.15) is 86.6 Å². The normalized spacial score (nSPS) is 16.1. The molecule has 1 heterocycles. The third-order valence-corrected chi connectivity index (χ3v) is 21.0. The van der Waals surface area contributed by atoms with Gasteiger partial charge in [-0.1, -0.05) is 75.7 Å². The van der Waals surface area contributed by atoms with Crippen LogP contribution >= 0.6 is 0 Å². The van der Waals surface area contributed by atoms with Crippen molar-refractivity contribution in [1.82, 2.24) is 95.3 Å². The molecule has 22 N–H and O–H groups in total. The van der Waals surface area contributed by atoms with E-state index in [1.165, 1.54) is 123 Å². The summed E-state index contributed by atoms with van der Waals surface area (Å²) < 4.78 is 0. The second-order valence-corrected chi connectivity index (χ2v) is 36.8. The summed E-state index contributed by atoms with van der Waals surface area (Å²) in [4.78, 5) is 273. The van der Waals surface area contributed by atoms with Gasteiger partial charge in [-0.25, -0.2) is 0 Å². The van der Waals surface area contributed by atoms with Gasteiger partial charge in [0, 0.05) is 26.3 Å². The average molecular weight is 1750 g/mol. The molecule has 1 fully saturated rings. The number of aliphatic hydroxyl groups excluding tert-OH is 1. The van der Waals surface area contributed by atoms with Gasteiger partial charge in [-0.2, -0.15) is 0 Å². The van der Waals surface area contributed by atoms with Crippen LogP contribution in [-0.2, 0) is 95.9 Å². The third kappa shape index (κ3) is 35.6. The van der Waals surface area contributed by atoms with E-state index in [0.29, 0.717) is 12.8 Å². The van der Waals surface area contributed by atoms with Crippen LogP contribution in [0.4, 0.5) is 0 Å². The summed E-state index contributed by atoms with van der Waals surface area (Å²) in [5.74, 6) is -17.0. The van der Waals surface area contributed by atoms with E-state index in [9.17, 15) is 101 Å². The summed E-state index contributed by atoms with van der Waals surface area (Å²) in [5.41, 5.74) is -2.95. The van der Waals surface area contributed by atoms with Crippen molar-refractivity contribution in [3.63, 3.8) is 0 Å². The molecule has 1 saturated heterocycles. The van der Waals surface area contributed by atoms with Gasteiger partial charge in [0.05, 0.1) is 25.7 Å². The number of likely N-dealkylation sites (tertiary alicyclic amines) is 1. The van der Waals surface area contributed by atoms with Crippen LogP contribution in [0.15, 0.2) is 0 Å². The van der Waals surface area contributed by atoms with Crippen LogP contribution in [0.25, 0.3) is 0 Å². The summed E-state index contributed by atoms with van der Waals surface area (Å²) in [6.45, 7) is 37.3. The van der Waals surface area contributed by atoms with Crippen molar-refractivity contribution >= 4 is 118 Å². The maximum atomic E-state index is 14.6. The number of nitrogens with zero attached hydrogens (tertiary/aromatic N) is 1. The zero-order chi connectivity index (χ0) is 95.4. The molecular weight excluding hydrogens is 1600 g/mol. The van der Waals surface area contributed by atoms with Gasteiger partial charge in [-0.3, -0.25) is 95.9 Å². The standard InChI is InChI=1S/C82H144N20O21/c1-27-46(10)59(93-69(118)77(17,18)96-62(111)51(33-35-56(84)106)92-73(122)82(26,29-3)100-70(119)78(19,20)95-60(109)47(11)87-57(107)40-85-67(116)75(13,14)94-48(12)104)66(115)99-76(15,16)68(117)86-41-58(108)89-52(38-44(6)7)63(112)98-80(23,24)74(123)102-36-30-31-54(102)65(114)90-53(39-45(8)9)64(113)97-79(21,22)71(120)101-81(25,28-2)72(121)91-50(32-34-55(83)105)61(110)88-49(42-103)37-43(4)5/h43-47,49-54,59,103H,27-42H2,1-26H3,(H2,83,105)(H2,84,106)(H,85,116)(H,86,117)(H,87,107)(H,88,110)(H,89,108)(H,90,114)(H,91,121)(H,92,122)(H,93,118)(H,94,104)(H,95,109)(H,96,111)(H,97,113)(H,98,112)(H,99,115)(H,100,119)(H,101,120)/t46-,47-,49-,50-,51-,52-,53-,54+,59-,81+,82+/m0/s1. The molecule has 0 spiro atoms. The molecular formula is C82H144N20O21. The minimum Gasteiger partial charge on any atom is -0.394 e. The fourth-order valence-electron chi connectivity index (χ4n) is 12.7. The van der Waals surface area contributed by atoms with Crippen LogP contribution < -0.4 is 102 Å².